The summed E-state index contributed by atoms with van der Waals surface area (Å²) in [5.41, 5.74) is 4.64. The van der Waals surface area contributed by atoms with E-state index in [4.69, 9.17) is 21.3 Å². The van der Waals surface area contributed by atoms with Crippen LogP contribution in [0.25, 0.3) is 16.9 Å². The average Bonchev–Trinajstić information content (AvgIpc) is 3.63. The zero-order valence-electron chi connectivity index (χ0n) is 19.3. The van der Waals surface area contributed by atoms with E-state index in [1.54, 1.807) is 7.11 Å². The van der Waals surface area contributed by atoms with Gasteiger partial charge in [-0.15, -0.1) is 0 Å². The molecule has 182 valence electrons. The molecule has 5 rings (SSSR count). The fraction of sp³-hybridized carbons (Fsp3) is 0.458. The van der Waals surface area contributed by atoms with E-state index < -0.39 is 16.1 Å². The van der Waals surface area contributed by atoms with E-state index in [-0.39, 0.29) is 11.9 Å². The average molecular weight is 505 g/mol. The Balaban J connectivity index is 1.42. The summed E-state index contributed by atoms with van der Waals surface area (Å²) >= 11 is 6.39. The minimum atomic E-state index is -3.32. The lowest BCUT2D eigenvalue weighted by Gasteiger charge is -2.40. The van der Waals surface area contributed by atoms with Gasteiger partial charge in [0.15, 0.2) is 0 Å². The summed E-state index contributed by atoms with van der Waals surface area (Å²) in [7, 11) is -1.72. The molecule has 1 atom stereocenters. The Morgan fingerprint density at radius 3 is 2.71 bits per heavy atom. The van der Waals surface area contributed by atoms with Crippen LogP contribution in [0.1, 0.15) is 25.3 Å². The first-order valence-corrected chi connectivity index (χ1v) is 13.5. The van der Waals surface area contributed by atoms with Gasteiger partial charge in [0.2, 0.25) is 10.0 Å². The fourth-order valence-electron chi connectivity index (χ4n) is 4.69. The SMILES string of the molecule is CCc1cc(OC)c(Cl)cc1-c1cn2ccc(N3CCN(S(=O)(=O)C4CC4)C(CO)C3)cc2n1. The quantitative estimate of drug-likeness (QED) is 0.531. The van der Waals surface area contributed by atoms with Crippen LogP contribution >= 0.6 is 11.6 Å². The highest BCUT2D eigenvalue weighted by molar-refractivity contribution is 7.90. The molecule has 0 bridgehead atoms. The Bertz CT molecular complexity index is 1320. The second-order valence-electron chi connectivity index (χ2n) is 8.91. The molecule has 34 heavy (non-hydrogen) atoms. The van der Waals surface area contributed by atoms with Gasteiger partial charge in [0.25, 0.3) is 0 Å². The first-order valence-electron chi connectivity index (χ1n) is 11.6. The Labute approximate surface area is 204 Å². The van der Waals surface area contributed by atoms with Gasteiger partial charge in [-0.2, -0.15) is 4.31 Å². The van der Waals surface area contributed by atoms with Crippen LogP contribution in [0.3, 0.4) is 0 Å². The number of hydrogen-bond acceptors (Lipinski definition) is 6. The number of imidazole rings is 1. The number of hydrogen-bond donors (Lipinski definition) is 1. The van der Waals surface area contributed by atoms with Crippen molar-refractivity contribution in [2.24, 2.45) is 0 Å². The molecule has 1 aliphatic carbocycles. The number of rotatable bonds is 7. The summed E-state index contributed by atoms with van der Waals surface area (Å²) < 4.78 is 34.3. The number of benzene rings is 1. The van der Waals surface area contributed by atoms with E-state index in [2.05, 4.69) is 11.8 Å². The number of aliphatic hydroxyl groups is 1. The summed E-state index contributed by atoms with van der Waals surface area (Å²) in [6.45, 7) is 3.27. The smallest absolute Gasteiger partial charge is 0.217 e. The number of piperazine rings is 1. The third-order valence-electron chi connectivity index (χ3n) is 6.76. The molecule has 1 N–H and O–H groups in total. The lowest BCUT2D eigenvalue weighted by Crippen LogP contribution is -2.57. The number of nitrogens with zero attached hydrogens (tertiary/aromatic N) is 4. The van der Waals surface area contributed by atoms with Gasteiger partial charge in [0.1, 0.15) is 11.4 Å². The second kappa shape index (κ2) is 9.03. The van der Waals surface area contributed by atoms with Gasteiger partial charge in [0.05, 0.1) is 35.7 Å². The van der Waals surface area contributed by atoms with Gasteiger partial charge < -0.3 is 19.1 Å². The summed E-state index contributed by atoms with van der Waals surface area (Å²) in [4.78, 5) is 6.97. The fourth-order valence-corrected chi connectivity index (χ4v) is 6.94. The second-order valence-corrected chi connectivity index (χ2v) is 11.5. The van der Waals surface area contributed by atoms with E-state index in [9.17, 15) is 13.5 Å². The molecule has 2 fully saturated rings. The van der Waals surface area contributed by atoms with Gasteiger partial charge in [-0.1, -0.05) is 18.5 Å². The molecule has 1 unspecified atom stereocenters. The number of aliphatic hydroxyl groups excluding tert-OH is 1. The predicted octanol–water partition coefficient (Wildman–Crippen LogP) is 3.20. The molecule has 3 heterocycles. The van der Waals surface area contributed by atoms with E-state index in [1.165, 1.54) is 4.31 Å². The molecule has 10 heteroatoms. The van der Waals surface area contributed by atoms with Crippen LogP contribution in [0.5, 0.6) is 5.75 Å². The molecule has 0 spiro atoms. The van der Waals surface area contributed by atoms with Crippen LogP contribution in [0.4, 0.5) is 5.69 Å². The van der Waals surface area contributed by atoms with E-state index in [0.29, 0.717) is 30.4 Å². The van der Waals surface area contributed by atoms with Crippen molar-refractivity contribution in [3.63, 3.8) is 0 Å². The number of pyridine rings is 1. The maximum Gasteiger partial charge on any atom is 0.217 e. The zero-order valence-corrected chi connectivity index (χ0v) is 20.9. The van der Waals surface area contributed by atoms with Crippen molar-refractivity contribution in [1.82, 2.24) is 13.7 Å². The molecule has 0 radical (unpaired) electrons. The van der Waals surface area contributed by atoms with Crippen LogP contribution in [0.15, 0.2) is 36.7 Å². The lowest BCUT2D eigenvalue weighted by molar-refractivity contribution is 0.175. The maximum absolute atomic E-state index is 12.8. The Kier molecular flexibility index (Phi) is 6.22. The predicted molar refractivity (Wildman–Crippen MR) is 133 cm³/mol. The monoisotopic (exact) mass is 504 g/mol. The van der Waals surface area contributed by atoms with E-state index in [1.807, 2.05) is 41.1 Å². The molecule has 2 aliphatic rings. The summed E-state index contributed by atoms with van der Waals surface area (Å²) in [5, 5.41) is 10.2. The van der Waals surface area contributed by atoms with Crippen molar-refractivity contribution >= 4 is 33.0 Å². The summed E-state index contributed by atoms with van der Waals surface area (Å²) in [6.07, 6.45) is 6.20. The molecular formula is C24H29ClN4O4S. The minimum absolute atomic E-state index is 0.198. The number of methoxy groups -OCH3 is 1. The number of ether oxygens (including phenoxy) is 1. The Hall–Kier alpha value is -2.33. The normalized spacial score (nSPS) is 19.6. The highest BCUT2D eigenvalue weighted by Gasteiger charge is 2.44. The molecule has 8 nitrogen and oxygen atoms in total. The van der Waals surface area contributed by atoms with Crippen molar-refractivity contribution < 1.29 is 18.3 Å². The topological polar surface area (TPSA) is 87.4 Å². The number of sulfonamides is 1. The molecule has 0 amide bonds. The molecule has 3 aromatic rings. The number of aryl methyl sites for hydroxylation is 1. The largest absolute Gasteiger partial charge is 0.495 e. The number of aromatic nitrogens is 2. The molecule has 1 saturated carbocycles. The highest BCUT2D eigenvalue weighted by atomic mass is 35.5. The highest BCUT2D eigenvalue weighted by Crippen LogP contribution is 2.35. The molecule has 1 saturated heterocycles. The third-order valence-corrected chi connectivity index (χ3v) is 9.50. The zero-order chi connectivity index (χ0) is 24.0. The van der Waals surface area contributed by atoms with Crippen LogP contribution in [0.2, 0.25) is 5.02 Å². The van der Waals surface area contributed by atoms with Crippen molar-refractivity contribution in [2.75, 3.05) is 38.3 Å². The van der Waals surface area contributed by atoms with Gasteiger partial charge >= 0.3 is 0 Å². The standard InChI is InChI=1S/C24H29ClN4O4S/c1-3-16-10-23(33-2)21(25)12-20(16)22-14-28-7-6-17(11-24(28)26-22)27-8-9-29(18(13-27)15-30)34(31,32)19-4-5-19/h6-7,10-12,14,18-19,30H,3-5,8-9,13,15H2,1-2H3. The number of fused-ring (bicyclic) bond motifs is 1. The first kappa shape index (κ1) is 23.4. The number of halogens is 1. The van der Waals surface area contributed by atoms with Gasteiger partial charge in [-0.25, -0.2) is 13.4 Å². The van der Waals surface area contributed by atoms with Crippen molar-refractivity contribution in [3.8, 4) is 17.0 Å². The van der Waals surface area contributed by atoms with E-state index in [0.717, 1.165) is 47.4 Å². The molecule has 1 aliphatic heterocycles. The number of anilines is 1. The van der Waals surface area contributed by atoms with E-state index >= 15 is 0 Å². The third kappa shape index (κ3) is 4.15. The van der Waals surface area contributed by atoms with Crippen molar-refractivity contribution in [1.29, 1.82) is 0 Å². The Morgan fingerprint density at radius 2 is 2.03 bits per heavy atom. The van der Waals surface area contributed by atoms with Crippen LogP contribution < -0.4 is 9.64 Å². The van der Waals surface area contributed by atoms with Crippen molar-refractivity contribution in [3.05, 3.63) is 47.2 Å². The maximum atomic E-state index is 12.8. The van der Waals surface area contributed by atoms with Crippen LogP contribution in [0, 0.1) is 0 Å². The van der Waals surface area contributed by atoms with Crippen molar-refractivity contribution in [2.45, 2.75) is 37.5 Å². The van der Waals surface area contributed by atoms with Gasteiger partial charge in [-0.05, 0) is 43.0 Å². The lowest BCUT2D eigenvalue weighted by atomic mass is 10.0. The summed E-state index contributed by atoms with van der Waals surface area (Å²) in [6, 6.07) is 7.41. The summed E-state index contributed by atoms with van der Waals surface area (Å²) in [5.74, 6) is 0.648. The first-order chi connectivity index (χ1) is 16.3. The van der Waals surface area contributed by atoms with Crippen LogP contribution in [-0.2, 0) is 16.4 Å². The molecular weight excluding hydrogens is 476 g/mol. The van der Waals surface area contributed by atoms with Crippen LogP contribution in [-0.4, -0.2) is 71.9 Å². The molecule has 2 aromatic heterocycles. The van der Waals surface area contributed by atoms with Gasteiger partial charge in [-0.3, -0.25) is 0 Å². The van der Waals surface area contributed by atoms with Gasteiger partial charge in [0, 0.05) is 49.3 Å². The Morgan fingerprint density at radius 1 is 1.24 bits per heavy atom. The minimum Gasteiger partial charge on any atom is -0.495 e. The molecule has 1 aromatic carbocycles.